The molecule has 13 heteroatoms. The smallest absolute Gasteiger partial charge is 0.331 e. The van der Waals surface area contributed by atoms with Gasteiger partial charge in [-0.2, -0.15) is 0 Å². The van der Waals surface area contributed by atoms with Crippen molar-refractivity contribution in [3.8, 4) is 11.1 Å². The lowest BCUT2D eigenvalue weighted by Crippen LogP contribution is -2.55. The Kier molecular flexibility index (Phi) is 9.13. The second-order valence-corrected chi connectivity index (χ2v) is 12.5. The molecule has 7 atom stereocenters. The maximum atomic E-state index is 13.1. The Bertz CT molecular complexity index is 1250. The highest BCUT2D eigenvalue weighted by Gasteiger charge is 2.43. The molecule has 40 heavy (non-hydrogen) atoms. The van der Waals surface area contributed by atoms with Gasteiger partial charge in [0.05, 0.1) is 43.7 Å². The standard InChI is InChI=1S/C27H35N2O10P/c1-27(26(35)36,14-39-40(37,38)13-15(31)10-21-24(33)25(34)22(12-30)28-21)29-23(32)11-20-18-8-4-2-6-16(18)17-7-3-5-9-19(17)20/h2-9,15,20-22,24-25,28,30-31,33-34H,10-14H2,1H3,(H,29,32)(H,35,36)(H,37,38)/t15-,21-,22-,24-,25-,27?/m1/s1. The largest absolute Gasteiger partial charge is 0.479 e. The third-order valence-corrected chi connectivity index (χ3v) is 8.98. The van der Waals surface area contributed by atoms with Crippen molar-refractivity contribution < 1.29 is 49.1 Å². The molecule has 0 spiro atoms. The van der Waals surface area contributed by atoms with Crippen molar-refractivity contribution in [2.75, 3.05) is 19.4 Å². The molecule has 8 N–H and O–H groups in total. The second kappa shape index (κ2) is 12.1. The number of amides is 1. The average molecular weight is 579 g/mol. The fourth-order valence-corrected chi connectivity index (χ4v) is 6.66. The van der Waals surface area contributed by atoms with Gasteiger partial charge in [-0.15, -0.1) is 0 Å². The number of hydrogen-bond donors (Lipinski definition) is 8. The highest BCUT2D eigenvalue weighted by Crippen LogP contribution is 2.46. The van der Waals surface area contributed by atoms with Gasteiger partial charge in [-0.25, -0.2) is 4.79 Å². The molecule has 218 valence electrons. The van der Waals surface area contributed by atoms with Crippen LogP contribution in [0.2, 0.25) is 0 Å². The summed E-state index contributed by atoms with van der Waals surface area (Å²) in [5, 5.41) is 54.5. The highest BCUT2D eigenvalue weighted by molar-refractivity contribution is 7.52. The zero-order chi connectivity index (χ0) is 29.2. The molecule has 1 amide bonds. The molecule has 2 aliphatic rings. The molecule has 1 fully saturated rings. The van der Waals surface area contributed by atoms with Gasteiger partial charge in [0.25, 0.3) is 0 Å². The van der Waals surface area contributed by atoms with E-state index in [1.54, 1.807) is 0 Å². The molecule has 2 unspecified atom stereocenters. The van der Waals surface area contributed by atoms with E-state index in [1.807, 2.05) is 48.5 Å². The lowest BCUT2D eigenvalue weighted by atomic mass is 9.92. The van der Waals surface area contributed by atoms with Crippen LogP contribution >= 0.6 is 7.60 Å². The predicted molar refractivity (Wildman–Crippen MR) is 144 cm³/mol. The number of carboxylic acid groups (broad SMARTS) is 1. The van der Waals surface area contributed by atoms with Gasteiger partial charge in [0.2, 0.25) is 5.91 Å². The van der Waals surface area contributed by atoms with Gasteiger partial charge >= 0.3 is 13.6 Å². The van der Waals surface area contributed by atoms with Gasteiger partial charge < -0.3 is 45.6 Å². The second-order valence-electron chi connectivity index (χ2n) is 10.6. The monoisotopic (exact) mass is 578 g/mol. The van der Waals surface area contributed by atoms with Crippen LogP contribution in [0, 0.1) is 0 Å². The lowest BCUT2D eigenvalue weighted by molar-refractivity contribution is -0.148. The van der Waals surface area contributed by atoms with E-state index in [1.165, 1.54) is 0 Å². The first-order valence-electron chi connectivity index (χ1n) is 13.0. The van der Waals surface area contributed by atoms with E-state index < -0.39 is 74.8 Å². The van der Waals surface area contributed by atoms with Crippen LogP contribution in [-0.4, -0.2) is 97.6 Å². The van der Waals surface area contributed by atoms with E-state index in [2.05, 4.69) is 10.6 Å². The van der Waals surface area contributed by atoms with Crippen molar-refractivity contribution in [1.82, 2.24) is 10.6 Å². The molecule has 1 aliphatic carbocycles. The number of rotatable bonds is 12. The molecule has 1 heterocycles. The predicted octanol–water partition coefficient (Wildman–Crippen LogP) is 0.156. The summed E-state index contributed by atoms with van der Waals surface area (Å²) in [6, 6.07) is 13.7. The molecule has 0 bridgehead atoms. The lowest BCUT2D eigenvalue weighted by Gasteiger charge is -2.28. The van der Waals surface area contributed by atoms with Gasteiger partial charge in [-0.05, 0) is 35.6 Å². The van der Waals surface area contributed by atoms with Crippen LogP contribution in [0.1, 0.15) is 36.8 Å². The molecule has 2 aromatic rings. The number of nitrogens with one attached hydrogen (secondary N) is 2. The molecular formula is C27H35N2O10P. The van der Waals surface area contributed by atoms with Crippen LogP contribution in [0.15, 0.2) is 48.5 Å². The third-order valence-electron chi connectivity index (χ3n) is 7.56. The Balaban J connectivity index is 1.36. The van der Waals surface area contributed by atoms with Gasteiger partial charge in [0, 0.05) is 18.4 Å². The molecule has 0 aromatic heterocycles. The normalized spacial score (nSPS) is 25.9. The molecule has 4 rings (SSSR count). The Morgan fingerprint density at radius 2 is 1.60 bits per heavy atom. The summed E-state index contributed by atoms with van der Waals surface area (Å²) in [5.74, 6) is -2.36. The highest BCUT2D eigenvalue weighted by atomic mass is 31.2. The molecule has 0 saturated carbocycles. The number of carboxylic acids is 1. The first-order valence-corrected chi connectivity index (χ1v) is 14.7. The minimum absolute atomic E-state index is 0.0518. The van der Waals surface area contributed by atoms with Crippen molar-refractivity contribution in [3.05, 3.63) is 59.7 Å². The van der Waals surface area contributed by atoms with Crippen LogP contribution in [0.4, 0.5) is 0 Å². The Morgan fingerprint density at radius 1 is 1.05 bits per heavy atom. The van der Waals surface area contributed by atoms with E-state index in [-0.39, 0.29) is 18.8 Å². The summed E-state index contributed by atoms with van der Waals surface area (Å²) in [6.45, 7) is -0.136. The van der Waals surface area contributed by atoms with Gasteiger partial charge in [0.15, 0.2) is 5.54 Å². The Labute approximate surface area is 231 Å². The molecular weight excluding hydrogens is 543 g/mol. The van der Waals surface area contributed by atoms with Gasteiger partial charge in [-0.3, -0.25) is 9.36 Å². The maximum Gasteiger partial charge on any atom is 0.331 e. The number of aliphatic hydroxyl groups excluding tert-OH is 4. The Morgan fingerprint density at radius 3 is 2.12 bits per heavy atom. The van der Waals surface area contributed by atoms with E-state index in [0.717, 1.165) is 29.2 Å². The maximum absolute atomic E-state index is 13.1. The van der Waals surface area contributed by atoms with Crippen LogP contribution in [0.5, 0.6) is 0 Å². The number of fused-ring (bicyclic) bond motifs is 3. The summed E-state index contributed by atoms with van der Waals surface area (Å²) in [4.78, 5) is 35.5. The number of hydrogen-bond acceptors (Lipinski definition) is 9. The third kappa shape index (κ3) is 6.45. The van der Waals surface area contributed by atoms with Crippen LogP contribution in [-0.2, 0) is 18.7 Å². The zero-order valence-corrected chi connectivity index (χ0v) is 22.8. The summed E-state index contributed by atoms with van der Waals surface area (Å²) in [7, 11) is -4.54. The minimum Gasteiger partial charge on any atom is -0.479 e. The fourth-order valence-electron chi connectivity index (χ4n) is 5.41. The minimum atomic E-state index is -4.54. The Hall–Kier alpha value is -2.67. The summed E-state index contributed by atoms with van der Waals surface area (Å²) in [5.41, 5.74) is 1.85. The van der Waals surface area contributed by atoms with E-state index in [0.29, 0.717) is 0 Å². The number of benzene rings is 2. The van der Waals surface area contributed by atoms with Crippen molar-refractivity contribution in [2.45, 2.75) is 61.6 Å². The molecule has 1 aliphatic heterocycles. The number of carbonyl (C=O) groups excluding carboxylic acids is 1. The van der Waals surface area contributed by atoms with Crippen LogP contribution in [0.25, 0.3) is 11.1 Å². The number of aliphatic hydroxyl groups is 4. The van der Waals surface area contributed by atoms with Crippen molar-refractivity contribution >= 4 is 19.5 Å². The molecule has 0 radical (unpaired) electrons. The summed E-state index contributed by atoms with van der Waals surface area (Å²) >= 11 is 0. The average Bonchev–Trinajstić information content (AvgIpc) is 3.36. The number of carbonyl (C=O) groups is 2. The van der Waals surface area contributed by atoms with Crippen molar-refractivity contribution in [1.29, 1.82) is 0 Å². The SMILES string of the molecule is CC(COP(=O)(O)C[C@H](O)C[C@H]1N[C@H](CO)[C@@H](O)[C@@H]1O)(NC(=O)CC1c2ccccc2-c2ccccc21)C(=O)O. The zero-order valence-electron chi connectivity index (χ0n) is 21.9. The van der Waals surface area contributed by atoms with E-state index >= 15 is 0 Å². The quantitative estimate of drug-likeness (QED) is 0.159. The fraction of sp³-hybridized carbons (Fsp3) is 0.481. The van der Waals surface area contributed by atoms with E-state index in [9.17, 15) is 44.6 Å². The molecule has 2 aromatic carbocycles. The van der Waals surface area contributed by atoms with Crippen LogP contribution in [0.3, 0.4) is 0 Å². The van der Waals surface area contributed by atoms with Crippen LogP contribution < -0.4 is 10.6 Å². The van der Waals surface area contributed by atoms with Crippen molar-refractivity contribution in [3.63, 3.8) is 0 Å². The van der Waals surface area contributed by atoms with Gasteiger partial charge in [0.1, 0.15) is 0 Å². The topological polar surface area (TPSA) is 206 Å². The first-order chi connectivity index (χ1) is 18.8. The summed E-state index contributed by atoms with van der Waals surface area (Å²) in [6.07, 6.45) is -5.11. The number of aliphatic carboxylic acids is 1. The first kappa shape index (κ1) is 30.3. The molecule has 1 saturated heterocycles. The van der Waals surface area contributed by atoms with Gasteiger partial charge in [-0.1, -0.05) is 48.5 Å². The van der Waals surface area contributed by atoms with E-state index in [4.69, 9.17) is 4.52 Å². The van der Waals surface area contributed by atoms with Crippen molar-refractivity contribution in [2.24, 2.45) is 0 Å². The molecule has 12 nitrogen and oxygen atoms in total. The summed E-state index contributed by atoms with van der Waals surface area (Å²) < 4.78 is 17.7.